The summed E-state index contributed by atoms with van der Waals surface area (Å²) in [4.78, 5) is 12.9. The van der Waals surface area contributed by atoms with Crippen molar-refractivity contribution in [2.24, 2.45) is 4.74 Å². The standard InChI is InChI=1S/C30H34NOP/c32-27-18-10-5-3-1-2-4-9-17-26(25-27)31-33(28-19-11-6-12-20-28,29-21-13-7-14-22-29)30-23-15-8-16-24-30/h6-8,11-16,19-25H,1-5,9-10,17-18H2/b26-25+. The fraction of sp³-hybridized carbons (Fsp3) is 0.300. The average Bonchev–Trinajstić information content (AvgIpc) is 2.86. The molecule has 170 valence electrons. The highest BCUT2D eigenvalue weighted by Crippen LogP contribution is 2.48. The maximum atomic E-state index is 12.9. The number of rotatable bonds is 4. The molecule has 0 spiro atoms. The predicted molar refractivity (Wildman–Crippen MR) is 142 cm³/mol. The number of allylic oxidation sites excluding steroid dienone is 2. The van der Waals surface area contributed by atoms with Gasteiger partial charge in [-0.15, -0.1) is 0 Å². The van der Waals surface area contributed by atoms with Crippen LogP contribution in [-0.4, -0.2) is 5.78 Å². The molecule has 0 bridgehead atoms. The SMILES string of the molecule is O=C1/C=C(/N=P(c2ccccc2)(c2ccccc2)c2ccccc2)CCCCCCCCC1. The van der Waals surface area contributed by atoms with Crippen LogP contribution in [0.3, 0.4) is 0 Å². The summed E-state index contributed by atoms with van der Waals surface area (Å²) in [6.07, 6.45) is 11.6. The van der Waals surface area contributed by atoms with Gasteiger partial charge in [-0.05, 0) is 19.3 Å². The Balaban J connectivity index is 1.94. The Morgan fingerprint density at radius 2 is 0.909 bits per heavy atom. The Morgan fingerprint density at radius 3 is 1.36 bits per heavy atom. The number of benzene rings is 3. The molecule has 0 heterocycles. The number of nitrogens with zero attached hydrogens (tertiary/aromatic N) is 1. The van der Waals surface area contributed by atoms with Crippen LogP contribution in [-0.2, 0) is 4.79 Å². The molecule has 0 radical (unpaired) electrons. The van der Waals surface area contributed by atoms with E-state index in [1.165, 1.54) is 41.6 Å². The first-order valence-corrected chi connectivity index (χ1v) is 14.1. The van der Waals surface area contributed by atoms with Crippen LogP contribution in [0, 0.1) is 0 Å². The van der Waals surface area contributed by atoms with E-state index >= 15 is 0 Å². The molecule has 1 aliphatic rings. The van der Waals surface area contributed by atoms with Gasteiger partial charge in [-0.3, -0.25) is 9.54 Å². The first-order chi connectivity index (χ1) is 16.3. The van der Waals surface area contributed by atoms with Gasteiger partial charge >= 0.3 is 0 Å². The van der Waals surface area contributed by atoms with E-state index < -0.39 is 7.05 Å². The van der Waals surface area contributed by atoms with E-state index in [4.69, 9.17) is 4.74 Å². The van der Waals surface area contributed by atoms with Crippen molar-refractivity contribution in [3.05, 3.63) is 103 Å². The smallest absolute Gasteiger partial charge is 0.157 e. The van der Waals surface area contributed by atoms with E-state index in [0.29, 0.717) is 6.42 Å². The summed E-state index contributed by atoms with van der Waals surface area (Å²) >= 11 is 0. The zero-order chi connectivity index (χ0) is 22.8. The third kappa shape index (κ3) is 6.01. The highest BCUT2D eigenvalue weighted by molar-refractivity contribution is 7.87. The van der Waals surface area contributed by atoms with Crippen LogP contribution >= 0.6 is 7.05 Å². The van der Waals surface area contributed by atoms with Crippen LogP contribution in [0.15, 0.2) is 108 Å². The number of hydrogen-bond acceptors (Lipinski definition) is 2. The Morgan fingerprint density at radius 1 is 0.515 bits per heavy atom. The molecule has 0 atom stereocenters. The summed E-state index contributed by atoms with van der Waals surface area (Å²) in [5, 5.41) is 3.67. The van der Waals surface area contributed by atoms with Gasteiger partial charge < -0.3 is 0 Å². The van der Waals surface area contributed by atoms with Crippen LogP contribution in [0.25, 0.3) is 0 Å². The molecule has 2 nitrogen and oxygen atoms in total. The summed E-state index contributed by atoms with van der Waals surface area (Å²) in [6, 6.07) is 32.0. The van der Waals surface area contributed by atoms with Gasteiger partial charge in [0, 0.05) is 34.1 Å². The molecular weight excluding hydrogens is 421 g/mol. The average molecular weight is 456 g/mol. The molecule has 0 saturated heterocycles. The molecule has 3 heteroatoms. The third-order valence-corrected chi connectivity index (χ3v) is 10.0. The Kier molecular flexibility index (Phi) is 8.50. The second kappa shape index (κ2) is 12.0. The van der Waals surface area contributed by atoms with Gasteiger partial charge in [-0.1, -0.05) is 123 Å². The Bertz CT molecular complexity index is 1000. The minimum absolute atomic E-state index is 0.224. The van der Waals surface area contributed by atoms with E-state index in [1.807, 2.05) is 6.08 Å². The maximum absolute atomic E-state index is 12.9. The molecule has 33 heavy (non-hydrogen) atoms. The van der Waals surface area contributed by atoms with Crippen LogP contribution in [0.5, 0.6) is 0 Å². The lowest BCUT2D eigenvalue weighted by Gasteiger charge is -2.27. The van der Waals surface area contributed by atoms with Gasteiger partial charge in [-0.2, -0.15) is 0 Å². The zero-order valence-electron chi connectivity index (χ0n) is 19.4. The Hall–Kier alpha value is -2.70. The second-order valence-corrected chi connectivity index (χ2v) is 11.8. The van der Waals surface area contributed by atoms with E-state index in [-0.39, 0.29) is 5.78 Å². The minimum Gasteiger partial charge on any atom is -0.295 e. The molecule has 3 aromatic carbocycles. The van der Waals surface area contributed by atoms with Crippen molar-refractivity contribution in [2.45, 2.75) is 57.8 Å². The minimum atomic E-state index is -2.32. The van der Waals surface area contributed by atoms with Crippen molar-refractivity contribution in [3.8, 4) is 0 Å². The van der Waals surface area contributed by atoms with E-state index in [1.54, 1.807) is 0 Å². The molecular formula is C30H34NOP. The number of carbonyl (C=O) groups excluding carboxylic acids is 1. The van der Waals surface area contributed by atoms with Gasteiger partial charge in [0.1, 0.15) is 0 Å². The molecule has 1 aliphatic carbocycles. The van der Waals surface area contributed by atoms with Gasteiger partial charge in [0.2, 0.25) is 0 Å². The van der Waals surface area contributed by atoms with Crippen molar-refractivity contribution in [1.29, 1.82) is 0 Å². The molecule has 0 unspecified atom stereocenters. The van der Waals surface area contributed by atoms with E-state index in [9.17, 15) is 4.79 Å². The first kappa shape index (κ1) is 23.5. The van der Waals surface area contributed by atoms with Gasteiger partial charge in [0.15, 0.2) is 5.78 Å². The van der Waals surface area contributed by atoms with E-state index in [0.717, 1.165) is 31.4 Å². The van der Waals surface area contributed by atoms with Crippen LogP contribution in [0.1, 0.15) is 57.8 Å². The zero-order valence-corrected chi connectivity index (χ0v) is 20.3. The summed E-state index contributed by atoms with van der Waals surface area (Å²) in [5.74, 6) is 0.224. The van der Waals surface area contributed by atoms with Crippen molar-refractivity contribution in [2.75, 3.05) is 0 Å². The summed E-state index contributed by atoms with van der Waals surface area (Å²) in [5.41, 5.74) is 0.963. The van der Waals surface area contributed by atoms with Gasteiger partial charge in [-0.25, -0.2) is 0 Å². The van der Waals surface area contributed by atoms with Crippen LogP contribution in [0.2, 0.25) is 0 Å². The fourth-order valence-corrected chi connectivity index (χ4v) is 8.24. The van der Waals surface area contributed by atoms with Crippen molar-refractivity contribution in [1.82, 2.24) is 0 Å². The molecule has 3 aromatic rings. The maximum Gasteiger partial charge on any atom is 0.157 e. The van der Waals surface area contributed by atoms with Crippen LogP contribution in [0.4, 0.5) is 0 Å². The summed E-state index contributed by atoms with van der Waals surface area (Å²) in [6.45, 7) is 0. The number of hydrogen-bond donors (Lipinski definition) is 0. The Labute approximate surface area is 198 Å². The molecule has 4 rings (SSSR count). The fourth-order valence-electron chi connectivity index (χ4n) is 4.64. The molecule has 0 aromatic heterocycles. The lowest BCUT2D eigenvalue weighted by molar-refractivity contribution is -0.114. The molecule has 0 amide bonds. The highest BCUT2D eigenvalue weighted by Gasteiger charge is 2.27. The molecule has 0 saturated carbocycles. The van der Waals surface area contributed by atoms with Crippen LogP contribution < -0.4 is 15.9 Å². The van der Waals surface area contributed by atoms with Crippen molar-refractivity contribution < 1.29 is 4.79 Å². The second-order valence-electron chi connectivity index (χ2n) is 8.82. The third-order valence-electron chi connectivity index (χ3n) is 6.35. The lowest BCUT2D eigenvalue weighted by atomic mass is 10.0. The quantitative estimate of drug-likeness (QED) is 0.384. The number of carbonyl (C=O) groups is 1. The molecule has 0 fully saturated rings. The normalized spacial score (nSPS) is 17.8. The monoisotopic (exact) mass is 455 g/mol. The largest absolute Gasteiger partial charge is 0.295 e. The number of ketones is 1. The molecule has 0 aliphatic heterocycles. The molecule has 0 N–H and O–H groups in total. The van der Waals surface area contributed by atoms with Crippen molar-refractivity contribution >= 4 is 28.8 Å². The van der Waals surface area contributed by atoms with Crippen molar-refractivity contribution in [3.63, 3.8) is 0 Å². The van der Waals surface area contributed by atoms with E-state index in [2.05, 4.69) is 91.0 Å². The predicted octanol–water partition coefficient (Wildman–Crippen LogP) is 7.14. The topological polar surface area (TPSA) is 29.4 Å². The highest BCUT2D eigenvalue weighted by atomic mass is 31.2. The first-order valence-electron chi connectivity index (χ1n) is 12.3. The lowest BCUT2D eigenvalue weighted by Crippen LogP contribution is -2.25. The summed E-state index contributed by atoms with van der Waals surface area (Å²) < 4.78 is 5.61. The van der Waals surface area contributed by atoms with Gasteiger partial charge in [0.25, 0.3) is 0 Å². The summed E-state index contributed by atoms with van der Waals surface area (Å²) in [7, 11) is -2.32. The van der Waals surface area contributed by atoms with Gasteiger partial charge in [0.05, 0.1) is 7.05 Å².